The summed E-state index contributed by atoms with van der Waals surface area (Å²) in [5.41, 5.74) is 4.28. The number of hydrogen-bond donors (Lipinski definition) is 1. The van der Waals surface area contributed by atoms with E-state index in [1.807, 2.05) is 0 Å². The summed E-state index contributed by atoms with van der Waals surface area (Å²) in [5, 5.41) is 3.41. The maximum Gasteiger partial charge on any atom is 0.123 e. The molecule has 2 aliphatic heterocycles. The number of likely N-dealkylation sites (N-methyl/N-ethyl adjacent to an activating group) is 1. The van der Waals surface area contributed by atoms with Crippen molar-refractivity contribution in [2.75, 3.05) is 46.9 Å². The van der Waals surface area contributed by atoms with Crippen molar-refractivity contribution >= 4 is 0 Å². The molecule has 0 bridgehead atoms. The highest BCUT2D eigenvalue weighted by molar-refractivity contribution is 5.44. The van der Waals surface area contributed by atoms with Gasteiger partial charge in [0.1, 0.15) is 5.75 Å². The van der Waals surface area contributed by atoms with Gasteiger partial charge in [0.05, 0.1) is 7.11 Å². The third-order valence-corrected chi connectivity index (χ3v) is 4.41. The lowest BCUT2D eigenvalue weighted by molar-refractivity contribution is 0.229. The Morgan fingerprint density at radius 3 is 2.70 bits per heavy atom. The monoisotopic (exact) mass is 275 g/mol. The number of methoxy groups -OCH3 is 1. The summed E-state index contributed by atoms with van der Waals surface area (Å²) in [6.45, 7) is 7.65. The Labute approximate surface area is 121 Å². The fourth-order valence-corrected chi connectivity index (χ4v) is 3.20. The molecule has 0 saturated carbocycles. The molecule has 2 heterocycles. The third kappa shape index (κ3) is 2.97. The zero-order chi connectivity index (χ0) is 13.9. The second kappa shape index (κ2) is 6.12. The average molecular weight is 275 g/mol. The van der Waals surface area contributed by atoms with Crippen molar-refractivity contribution in [1.82, 2.24) is 15.1 Å². The predicted molar refractivity (Wildman–Crippen MR) is 81.2 cm³/mol. The van der Waals surface area contributed by atoms with Crippen LogP contribution < -0.4 is 10.1 Å². The first-order valence-electron chi connectivity index (χ1n) is 7.56. The van der Waals surface area contributed by atoms with Gasteiger partial charge in [0.15, 0.2) is 0 Å². The number of nitrogens with zero attached hydrogens (tertiary/aromatic N) is 2. The summed E-state index contributed by atoms with van der Waals surface area (Å²) in [5.74, 6) is 1.05. The van der Waals surface area contributed by atoms with E-state index >= 15 is 0 Å². The first kappa shape index (κ1) is 13.9. The topological polar surface area (TPSA) is 27.7 Å². The zero-order valence-electron chi connectivity index (χ0n) is 12.6. The minimum atomic E-state index is 1.01. The molecule has 110 valence electrons. The van der Waals surface area contributed by atoms with Crippen LogP contribution in [0.15, 0.2) is 12.1 Å². The number of piperazine rings is 1. The molecule has 0 unspecified atom stereocenters. The maximum atomic E-state index is 5.63. The minimum absolute atomic E-state index is 1.01. The quantitative estimate of drug-likeness (QED) is 0.894. The normalized spacial score (nSPS) is 20.7. The van der Waals surface area contributed by atoms with E-state index in [2.05, 4.69) is 34.3 Å². The van der Waals surface area contributed by atoms with Gasteiger partial charge in [0.2, 0.25) is 0 Å². The van der Waals surface area contributed by atoms with Crippen LogP contribution in [0.4, 0.5) is 0 Å². The molecule has 0 radical (unpaired) electrons. The van der Waals surface area contributed by atoms with Crippen LogP contribution in [0.1, 0.15) is 16.7 Å². The van der Waals surface area contributed by atoms with E-state index in [0.717, 1.165) is 58.0 Å². The molecule has 1 N–H and O–H groups in total. The van der Waals surface area contributed by atoms with Gasteiger partial charge in [-0.3, -0.25) is 4.90 Å². The van der Waals surface area contributed by atoms with Crippen LogP contribution in [0.5, 0.6) is 5.75 Å². The van der Waals surface area contributed by atoms with E-state index < -0.39 is 0 Å². The molecular formula is C16H25N3O. The molecule has 1 fully saturated rings. The van der Waals surface area contributed by atoms with Crippen molar-refractivity contribution in [2.45, 2.75) is 19.5 Å². The van der Waals surface area contributed by atoms with Crippen molar-refractivity contribution in [3.8, 4) is 5.75 Å². The summed E-state index contributed by atoms with van der Waals surface area (Å²) in [6, 6.07) is 4.63. The highest BCUT2D eigenvalue weighted by atomic mass is 16.5. The van der Waals surface area contributed by atoms with Gasteiger partial charge < -0.3 is 15.0 Å². The summed E-state index contributed by atoms with van der Waals surface area (Å²) in [6.07, 6.45) is 1.16. The Balaban J connectivity index is 1.82. The van der Waals surface area contributed by atoms with Gasteiger partial charge in [0.25, 0.3) is 0 Å². The molecule has 0 aromatic heterocycles. The number of benzene rings is 1. The van der Waals surface area contributed by atoms with Gasteiger partial charge in [-0.15, -0.1) is 0 Å². The maximum absolute atomic E-state index is 5.63. The van der Waals surface area contributed by atoms with E-state index in [1.165, 1.54) is 16.7 Å². The number of ether oxygens (including phenoxy) is 1. The molecule has 1 aromatic carbocycles. The number of hydrogen-bond acceptors (Lipinski definition) is 4. The van der Waals surface area contributed by atoms with Crippen LogP contribution in [0, 0.1) is 0 Å². The minimum Gasteiger partial charge on any atom is -0.496 e. The van der Waals surface area contributed by atoms with Crippen LogP contribution in [-0.2, 0) is 19.5 Å². The fourth-order valence-electron chi connectivity index (χ4n) is 3.20. The van der Waals surface area contributed by atoms with Gasteiger partial charge in [-0.25, -0.2) is 0 Å². The van der Waals surface area contributed by atoms with E-state index in [-0.39, 0.29) is 0 Å². The molecule has 3 rings (SSSR count). The Morgan fingerprint density at radius 1 is 1.15 bits per heavy atom. The molecule has 1 aromatic rings. The summed E-state index contributed by atoms with van der Waals surface area (Å²) in [7, 11) is 3.97. The SMILES string of the molecule is COc1cc2c(cc1CN1CCNCC1)CCN(C)C2. The lowest BCUT2D eigenvalue weighted by Crippen LogP contribution is -2.43. The first-order valence-corrected chi connectivity index (χ1v) is 7.56. The van der Waals surface area contributed by atoms with Crippen molar-refractivity contribution in [3.05, 3.63) is 28.8 Å². The molecule has 0 amide bonds. The summed E-state index contributed by atoms with van der Waals surface area (Å²) < 4.78 is 5.63. The van der Waals surface area contributed by atoms with Crippen molar-refractivity contribution in [3.63, 3.8) is 0 Å². The van der Waals surface area contributed by atoms with Gasteiger partial charge >= 0.3 is 0 Å². The highest BCUT2D eigenvalue weighted by Crippen LogP contribution is 2.28. The Kier molecular flexibility index (Phi) is 4.24. The molecule has 1 saturated heterocycles. The molecule has 2 aliphatic rings. The third-order valence-electron chi connectivity index (χ3n) is 4.41. The van der Waals surface area contributed by atoms with E-state index in [0.29, 0.717) is 0 Å². The fraction of sp³-hybridized carbons (Fsp3) is 0.625. The standard InChI is InChI=1S/C16H25N3O/c1-18-6-3-13-9-15(12-19-7-4-17-5-8-19)16(20-2)10-14(13)11-18/h9-10,17H,3-8,11-12H2,1-2H3. The first-order chi connectivity index (χ1) is 9.76. The largest absolute Gasteiger partial charge is 0.496 e. The number of rotatable bonds is 3. The zero-order valence-corrected chi connectivity index (χ0v) is 12.6. The van der Waals surface area contributed by atoms with Gasteiger partial charge in [-0.2, -0.15) is 0 Å². The molecule has 0 spiro atoms. The van der Waals surface area contributed by atoms with Gasteiger partial charge in [0, 0.05) is 51.4 Å². The average Bonchev–Trinajstić information content (AvgIpc) is 2.48. The van der Waals surface area contributed by atoms with Crippen LogP contribution in [-0.4, -0.2) is 56.7 Å². The van der Waals surface area contributed by atoms with E-state index in [4.69, 9.17) is 4.74 Å². The van der Waals surface area contributed by atoms with E-state index in [1.54, 1.807) is 7.11 Å². The molecular weight excluding hydrogens is 250 g/mol. The smallest absolute Gasteiger partial charge is 0.123 e. The summed E-state index contributed by atoms with van der Waals surface area (Å²) >= 11 is 0. The summed E-state index contributed by atoms with van der Waals surface area (Å²) in [4.78, 5) is 4.88. The molecule has 20 heavy (non-hydrogen) atoms. The van der Waals surface area contributed by atoms with Crippen molar-refractivity contribution in [1.29, 1.82) is 0 Å². The van der Waals surface area contributed by atoms with Crippen LogP contribution in [0.3, 0.4) is 0 Å². The predicted octanol–water partition coefficient (Wildman–Crippen LogP) is 1.09. The van der Waals surface area contributed by atoms with Crippen LogP contribution in [0.25, 0.3) is 0 Å². The molecule has 4 heteroatoms. The van der Waals surface area contributed by atoms with Crippen molar-refractivity contribution in [2.24, 2.45) is 0 Å². The highest BCUT2D eigenvalue weighted by Gasteiger charge is 2.18. The van der Waals surface area contributed by atoms with Gasteiger partial charge in [-0.05, 0) is 30.7 Å². The Morgan fingerprint density at radius 2 is 1.95 bits per heavy atom. The number of fused-ring (bicyclic) bond motifs is 1. The second-order valence-electron chi connectivity index (χ2n) is 5.95. The van der Waals surface area contributed by atoms with Crippen molar-refractivity contribution < 1.29 is 4.74 Å². The molecule has 0 aliphatic carbocycles. The van der Waals surface area contributed by atoms with E-state index in [9.17, 15) is 0 Å². The Hall–Kier alpha value is -1.10. The van der Waals surface area contributed by atoms with Crippen LogP contribution in [0.2, 0.25) is 0 Å². The second-order valence-corrected chi connectivity index (χ2v) is 5.95. The van der Waals surface area contributed by atoms with Gasteiger partial charge in [-0.1, -0.05) is 6.07 Å². The molecule has 4 nitrogen and oxygen atoms in total. The number of nitrogens with one attached hydrogen (secondary N) is 1. The lowest BCUT2D eigenvalue weighted by atomic mass is 9.96. The Bertz CT molecular complexity index is 469. The molecule has 0 atom stereocenters. The lowest BCUT2D eigenvalue weighted by Gasteiger charge is -2.30. The van der Waals surface area contributed by atoms with Crippen LogP contribution >= 0.6 is 0 Å².